The van der Waals surface area contributed by atoms with Crippen molar-refractivity contribution in [2.75, 3.05) is 19.8 Å². The van der Waals surface area contributed by atoms with E-state index in [9.17, 15) is 4.79 Å². The molecule has 0 saturated carbocycles. The summed E-state index contributed by atoms with van der Waals surface area (Å²) in [7, 11) is 0. The van der Waals surface area contributed by atoms with Crippen LogP contribution < -0.4 is 11.1 Å². The molecule has 4 heteroatoms. The zero-order valence-electron chi connectivity index (χ0n) is 20.0. The molecule has 0 fully saturated rings. The van der Waals surface area contributed by atoms with E-state index >= 15 is 0 Å². The Bertz CT molecular complexity index is 348. The average molecular weight is 413 g/mol. The van der Waals surface area contributed by atoms with Gasteiger partial charge in [0.05, 0.1) is 12.6 Å². The summed E-state index contributed by atoms with van der Waals surface area (Å²) in [4.78, 5) is 11.4. The van der Waals surface area contributed by atoms with E-state index in [4.69, 9.17) is 10.5 Å². The van der Waals surface area contributed by atoms with Gasteiger partial charge in [-0.15, -0.1) is 0 Å². The van der Waals surface area contributed by atoms with Crippen LogP contribution in [-0.4, -0.2) is 31.7 Å². The minimum Gasteiger partial charge on any atom is -0.381 e. The van der Waals surface area contributed by atoms with Crippen LogP contribution in [0.25, 0.3) is 0 Å². The fraction of sp³-hybridized carbons (Fsp3) is 0.960. The van der Waals surface area contributed by atoms with Crippen molar-refractivity contribution in [3.8, 4) is 0 Å². The van der Waals surface area contributed by atoms with Crippen LogP contribution in [0.4, 0.5) is 0 Å². The largest absolute Gasteiger partial charge is 0.381 e. The fourth-order valence-corrected chi connectivity index (χ4v) is 3.53. The van der Waals surface area contributed by atoms with Crippen LogP contribution in [0, 0.1) is 5.92 Å². The molecule has 4 nitrogen and oxygen atoms in total. The van der Waals surface area contributed by atoms with Gasteiger partial charge in [-0.05, 0) is 19.3 Å². The highest BCUT2D eigenvalue weighted by molar-refractivity contribution is 5.80. The van der Waals surface area contributed by atoms with Gasteiger partial charge in [0.25, 0.3) is 0 Å². The van der Waals surface area contributed by atoms with Crippen molar-refractivity contribution in [1.82, 2.24) is 5.32 Å². The average Bonchev–Trinajstić information content (AvgIpc) is 2.71. The van der Waals surface area contributed by atoms with Crippen LogP contribution in [-0.2, 0) is 9.53 Å². The van der Waals surface area contributed by atoms with Crippen molar-refractivity contribution in [2.24, 2.45) is 11.7 Å². The zero-order chi connectivity index (χ0) is 21.6. The number of rotatable bonds is 22. The summed E-state index contributed by atoms with van der Waals surface area (Å²) in [6.45, 7) is 8.26. The van der Waals surface area contributed by atoms with Crippen LogP contribution in [0.3, 0.4) is 0 Å². The third-order valence-corrected chi connectivity index (χ3v) is 5.58. The predicted molar refractivity (Wildman–Crippen MR) is 126 cm³/mol. The first kappa shape index (κ1) is 28.4. The van der Waals surface area contributed by atoms with E-state index in [-0.39, 0.29) is 5.91 Å². The molecule has 0 aromatic heterocycles. The Hall–Kier alpha value is -0.610. The van der Waals surface area contributed by atoms with Crippen molar-refractivity contribution in [3.63, 3.8) is 0 Å². The molecule has 1 amide bonds. The molecule has 0 aliphatic heterocycles. The smallest absolute Gasteiger partial charge is 0.236 e. The number of amides is 1. The predicted octanol–water partition coefficient (Wildman–Crippen LogP) is 6.36. The number of nitrogens with two attached hydrogens (primary N) is 1. The third kappa shape index (κ3) is 21.9. The molecule has 0 aliphatic rings. The van der Waals surface area contributed by atoms with E-state index in [0.717, 1.165) is 13.0 Å². The molecular weight excluding hydrogens is 360 g/mol. The van der Waals surface area contributed by atoms with Crippen LogP contribution in [0.15, 0.2) is 0 Å². The van der Waals surface area contributed by atoms with Crippen molar-refractivity contribution < 1.29 is 9.53 Å². The minimum atomic E-state index is -0.437. The highest BCUT2D eigenvalue weighted by Crippen LogP contribution is 2.13. The molecule has 0 saturated heterocycles. The Morgan fingerprint density at radius 3 is 1.59 bits per heavy atom. The van der Waals surface area contributed by atoms with Crippen molar-refractivity contribution >= 4 is 5.91 Å². The molecule has 0 heterocycles. The molecule has 3 N–H and O–H groups in total. The second-order valence-corrected chi connectivity index (χ2v) is 9.02. The maximum atomic E-state index is 11.4. The third-order valence-electron chi connectivity index (χ3n) is 5.58. The maximum Gasteiger partial charge on any atom is 0.236 e. The summed E-state index contributed by atoms with van der Waals surface area (Å²) < 4.78 is 5.72. The molecule has 0 radical (unpaired) electrons. The van der Waals surface area contributed by atoms with Gasteiger partial charge in [0.1, 0.15) is 0 Å². The van der Waals surface area contributed by atoms with Crippen LogP contribution in [0.1, 0.15) is 124 Å². The molecule has 2 atom stereocenters. The molecular formula is C25H52N2O2. The molecule has 1 unspecified atom stereocenters. The van der Waals surface area contributed by atoms with Crippen LogP contribution in [0.2, 0.25) is 0 Å². The Kier molecular flexibility index (Phi) is 21.6. The summed E-state index contributed by atoms with van der Waals surface area (Å²) in [5.41, 5.74) is 5.53. The Morgan fingerprint density at radius 2 is 1.17 bits per heavy atom. The van der Waals surface area contributed by atoms with E-state index in [0.29, 0.717) is 19.1 Å². The summed E-state index contributed by atoms with van der Waals surface area (Å²) >= 11 is 0. The Morgan fingerprint density at radius 1 is 0.759 bits per heavy atom. The van der Waals surface area contributed by atoms with Gasteiger partial charge in [0.15, 0.2) is 0 Å². The van der Waals surface area contributed by atoms with Crippen LogP contribution >= 0.6 is 0 Å². The molecule has 0 aliphatic carbocycles. The Labute approximate surface area is 182 Å². The standard InChI is InChI=1S/C25H52N2O2/c1-4-5-6-7-8-9-10-11-12-13-14-15-16-17-18-19-20-29-22-23(2)21-27-25(28)24(3)26/h23-24H,4-22,26H2,1-3H3,(H,27,28)/t23?,24-/m1/s1. The topological polar surface area (TPSA) is 64.3 Å². The molecule has 0 aromatic carbocycles. The zero-order valence-corrected chi connectivity index (χ0v) is 20.0. The van der Waals surface area contributed by atoms with Crippen molar-refractivity contribution in [1.29, 1.82) is 0 Å². The highest BCUT2D eigenvalue weighted by Gasteiger charge is 2.09. The second kappa shape index (κ2) is 22.1. The summed E-state index contributed by atoms with van der Waals surface area (Å²) in [5.74, 6) is 0.244. The monoisotopic (exact) mass is 412 g/mol. The summed E-state index contributed by atoms with van der Waals surface area (Å²) in [6.07, 6.45) is 22.3. The van der Waals surface area contributed by atoms with Gasteiger partial charge < -0.3 is 15.8 Å². The number of carbonyl (C=O) groups is 1. The van der Waals surface area contributed by atoms with Gasteiger partial charge in [0, 0.05) is 13.2 Å². The first-order valence-corrected chi connectivity index (χ1v) is 12.7. The van der Waals surface area contributed by atoms with E-state index in [2.05, 4.69) is 19.2 Å². The first-order chi connectivity index (χ1) is 14.1. The lowest BCUT2D eigenvalue weighted by atomic mass is 10.0. The number of nitrogens with one attached hydrogen (secondary N) is 1. The highest BCUT2D eigenvalue weighted by atomic mass is 16.5. The first-order valence-electron chi connectivity index (χ1n) is 12.7. The van der Waals surface area contributed by atoms with E-state index < -0.39 is 6.04 Å². The lowest BCUT2D eigenvalue weighted by Gasteiger charge is -2.14. The van der Waals surface area contributed by atoms with Crippen LogP contribution in [0.5, 0.6) is 0 Å². The molecule has 0 bridgehead atoms. The molecule has 0 rings (SSSR count). The molecule has 0 spiro atoms. The number of carbonyl (C=O) groups excluding carboxylic acids is 1. The number of hydrogen-bond donors (Lipinski definition) is 2. The molecule has 29 heavy (non-hydrogen) atoms. The molecule has 0 aromatic rings. The van der Waals surface area contributed by atoms with Gasteiger partial charge in [-0.2, -0.15) is 0 Å². The Balaban J connectivity index is 3.16. The van der Waals surface area contributed by atoms with Crippen molar-refractivity contribution in [2.45, 2.75) is 130 Å². The maximum absolute atomic E-state index is 11.4. The lowest BCUT2D eigenvalue weighted by molar-refractivity contribution is -0.122. The van der Waals surface area contributed by atoms with Crippen molar-refractivity contribution in [3.05, 3.63) is 0 Å². The van der Waals surface area contributed by atoms with Gasteiger partial charge >= 0.3 is 0 Å². The van der Waals surface area contributed by atoms with Gasteiger partial charge in [0.2, 0.25) is 5.91 Å². The number of unbranched alkanes of at least 4 members (excludes halogenated alkanes) is 15. The molecule has 174 valence electrons. The van der Waals surface area contributed by atoms with Gasteiger partial charge in [-0.25, -0.2) is 0 Å². The van der Waals surface area contributed by atoms with Gasteiger partial charge in [-0.3, -0.25) is 4.79 Å². The lowest BCUT2D eigenvalue weighted by Crippen LogP contribution is -2.40. The summed E-state index contributed by atoms with van der Waals surface area (Å²) in [5, 5.41) is 2.85. The second-order valence-electron chi connectivity index (χ2n) is 9.02. The fourth-order valence-electron chi connectivity index (χ4n) is 3.53. The normalized spacial score (nSPS) is 13.4. The number of hydrogen-bond acceptors (Lipinski definition) is 3. The van der Waals surface area contributed by atoms with E-state index in [1.165, 1.54) is 96.3 Å². The minimum absolute atomic E-state index is 0.0883. The number of ether oxygens (including phenoxy) is 1. The SMILES string of the molecule is CCCCCCCCCCCCCCCCCCOCC(C)CNC(=O)[C@@H](C)N. The summed E-state index contributed by atoms with van der Waals surface area (Å²) in [6, 6.07) is -0.437. The van der Waals surface area contributed by atoms with Gasteiger partial charge in [-0.1, -0.05) is 110 Å². The van der Waals surface area contributed by atoms with E-state index in [1.54, 1.807) is 6.92 Å². The van der Waals surface area contributed by atoms with E-state index in [1.807, 2.05) is 0 Å². The quantitative estimate of drug-likeness (QED) is 0.203.